The summed E-state index contributed by atoms with van der Waals surface area (Å²) in [5, 5.41) is 35.4. The number of phenolic OH excluding ortho intramolecular Hbond substituents is 3. The summed E-state index contributed by atoms with van der Waals surface area (Å²) in [6.07, 6.45) is 2.75. The van der Waals surface area contributed by atoms with Crippen LogP contribution in [-0.2, 0) is 33.5 Å². The van der Waals surface area contributed by atoms with Gasteiger partial charge in [-0.2, -0.15) is 0 Å². The van der Waals surface area contributed by atoms with Crippen molar-refractivity contribution >= 4 is 16.1 Å². The van der Waals surface area contributed by atoms with E-state index in [-0.39, 0.29) is 24.8 Å². The second-order valence-electron chi connectivity index (χ2n) is 7.89. The standard InChI is InChI=1S/C10H12O3.C9H12O.C7H8O4S.CH4/c1-7(10(12)13)6-8-2-4-9(11)5-3-8;1-2-3-8-4-6-9(10)7-5-8;8-7-3-1-6(2-4-7)5-12(9,10)11;/h2-5,7,11H,6H2,1H3,(H,12,13);4-7,10H,2-3H2,1H3;1-4,8H,5H2,(H,9,10,11);1H4/p-1. The molecule has 3 aromatic carbocycles. The van der Waals surface area contributed by atoms with E-state index in [1.54, 1.807) is 43.3 Å². The third kappa shape index (κ3) is 14.6. The summed E-state index contributed by atoms with van der Waals surface area (Å²) < 4.78 is 30.8. The number of benzene rings is 3. The second kappa shape index (κ2) is 16.2. The van der Waals surface area contributed by atoms with E-state index in [9.17, 15) is 17.8 Å². The summed E-state index contributed by atoms with van der Waals surface area (Å²) in [7, 11) is -4.22. The Labute approximate surface area is 213 Å². The van der Waals surface area contributed by atoms with Crippen molar-refractivity contribution in [1.29, 1.82) is 0 Å². The number of phenols is 3. The molecule has 0 aliphatic heterocycles. The number of carboxylic acid groups (broad SMARTS) is 1. The van der Waals surface area contributed by atoms with Gasteiger partial charge in [-0.15, -0.1) is 0 Å². The van der Waals surface area contributed by atoms with E-state index >= 15 is 0 Å². The van der Waals surface area contributed by atoms with Crippen LogP contribution in [0.2, 0.25) is 0 Å². The van der Waals surface area contributed by atoms with Crippen LogP contribution in [0.5, 0.6) is 17.2 Å². The fraction of sp³-hybridized carbons (Fsp3) is 0.296. The van der Waals surface area contributed by atoms with E-state index in [4.69, 9.17) is 20.4 Å². The molecule has 0 saturated heterocycles. The maximum atomic E-state index is 10.5. The van der Waals surface area contributed by atoms with E-state index in [1.165, 1.54) is 29.8 Å². The highest BCUT2D eigenvalue weighted by molar-refractivity contribution is 7.84. The average Bonchev–Trinajstić information content (AvgIpc) is 2.78. The fourth-order valence-corrected chi connectivity index (χ4v) is 3.42. The number of rotatable bonds is 7. The lowest BCUT2D eigenvalue weighted by Crippen LogP contribution is -2.11. The molecule has 8 nitrogen and oxygen atoms in total. The number of hydrogen-bond donors (Lipinski definition) is 4. The van der Waals surface area contributed by atoms with Gasteiger partial charge in [-0.3, -0.25) is 4.79 Å². The topological polar surface area (TPSA) is 155 Å². The van der Waals surface area contributed by atoms with Crippen molar-refractivity contribution in [2.75, 3.05) is 0 Å². The minimum atomic E-state index is -4.22. The Morgan fingerprint density at radius 1 is 0.778 bits per heavy atom. The monoisotopic (exact) mass is 519 g/mol. The van der Waals surface area contributed by atoms with Gasteiger partial charge in [0.05, 0.1) is 21.8 Å². The van der Waals surface area contributed by atoms with Gasteiger partial charge in [-0.05, 0) is 65.9 Å². The molecule has 3 aromatic rings. The van der Waals surface area contributed by atoms with Gasteiger partial charge in [0.1, 0.15) is 17.2 Å². The molecule has 0 heterocycles. The quantitative estimate of drug-likeness (QED) is 0.315. The highest BCUT2D eigenvalue weighted by Gasteiger charge is 2.10. The van der Waals surface area contributed by atoms with Gasteiger partial charge in [0.15, 0.2) is 0 Å². The Kier molecular flexibility index (Phi) is 14.6. The maximum Gasteiger partial charge on any atom is 0.306 e. The lowest BCUT2D eigenvalue weighted by molar-refractivity contribution is -0.141. The molecule has 0 fully saturated rings. The van der Waals surface area contributed by atoms with Crippen LogP contribution in [-0.4, -0.2) is 39.4 Å². The normalized spacial score (nSPS) is 11.0. The summed E-state index contributed by atoms with van der Waals surface area (Å²) in [6.45, 7) is 3.81. The van der Waals surface area contributed by atoms with Crippen LogP contribution < -0.4 is 0 Å². The Morgan fingerprint density at radius 2 is 1.14 bits per heavy atom. The van der Waals surface area contributed by atoms with E-state index < -0.39 is 21.8 Å². The summed E-state index contributed by atoms with van der Waals surface area (Å²) in [5.74, 6) is -1.13. The number of aromatic hydroxyl groups is 3. The molecule has 0 spiro atoms. The van der Waals surface area contributed by atoms with E-state index in [0.717, 1.165) is 18.4 Å². The number of carbonyl (C=O) groups is 1. The molecule has 0 amide bonds. The molecule has 0 aromatic heterocycles. The first-order valence-electron chi connectivity index (χ1n) is 10.9. The maximum absolute atomic E-state index is 10.5. The molecule has 0 bridgehead atoms. The largest absolute Gasteiger partial charge is 0.748 e. The molecule has 9 heteroatoms. The smallest absolute Gasteiger partial charge is 0.306 e. The first-order chi connectivity index (χ1) is 16.4. The van der Waals surface area contributed by atoms with Gasteiger partial charge in [-0.1, -0.05) is 64.1 Å². The molecule has 0 saturated carbocycles. The third-order valence-electron chi connectivity index (χ3n) is 4.65. The van der Waals surface area contributed by atoms with Crippen molar-refractivity contribution in [3.05, 3.63) is 89.5 Å². The summed E-state index contributed by atoms with van der Waals surface area (Å²) >= 11 is 0. The zero-order valence-corrected chi connectivity index (χ0v) is 20.5. The van der Waals surface area contributed by atoms with Crippen molar-refractivity contribution in [3.8, 4) is 17.2 Å². The predicted molar refractivity (Wildman–Crippen MR) is 139 cm³/mol. The molecule has 0 aliphatic carbocycles. The first-order valence-corrected chi connectivity index (χ1v) is 12.5. The molecule has 36 heavy (non-hydrogen) atoms. The molecular weight excluding hydrogens is 484 g/mol. The van der Waals surface area contributed by atoms with Gasteiger partial charge in [0.25, 0.3) is 0 Å². The molecule has 0 aliphatic rings. The zero-order chi connectivity index (χ0) is 26.4. The minimum absolute atomic E-state index is 0. The number of hydrogen-bond acceptors (Lipinski definition) is 7. The van der Waals surface area contributed by atoms with Gasteiger partial charge < -0.3 is 25.0 Å². The molecular formula is C27H35O8S-. The molecule has 1 atom stereocenters. The Hall–Kier alpha value is -3.56. The summed E-state index contributed by atoms with van der Waals surface area (Å²) in [6, 6.07) is 19.4. The van der Waals surface area contributed by atoms with E-state index in [0.29, 0.717) is 17.7 Å². The van der Waals surface area contributed by atoms with Gasteiger partial charge in [0.2, 0.25) is 0 Å². The molecule has 0 radical (unpaired) electrons. The van der Waals surface area contributed by atoms with Crippen LogP contribution in [0.15, 0.2) is 72.8 Å². The number of carboxylic acids is 1. The highest BCUT2D eigenvalue weighted by atomic mass is 32.2. The van der Waals surface area contributed by atoms with E-state index in [1.807, 2.05) is 12.1 Å². The summed E-state index contributed by atoms with van der Waals surface area (Å²) in [5.41, 5.74) is 2.59. The molecule has 3 rings (SSSR count). The average molecular weight is 520 g/mol. The van der Waals surface area contributed by atoms with Crippen LogP contribution in [0.4, 0.5) is 0 Å². The van der Waals surface area contributed by atoms with Crippen molar-refractivity contribution in [2.45, 2.75) is 46.3 Å². The zero-order valence-electron chi connectivity index (χ0n) is 19.7. The van der Waals surface area contributed by atoms with Gasteiger partial charge in [-0.25, -0.2) is 8.42 Å². The first kappa shape index (κ1) is 32.4. The van der Waals surface area contributed by atoms with Crippen LogP contribution in [0.25, 0.3) is 0 Å². The lowest BCUT2D eigenvalue weighted by Gasteiger charge is -2.05. The van der Waals surface area contributed by atoms with Crippen LogP contribution >= 0.6 is 0 Å². The van der Waals surface area contributed by atoms with Gasteiger partial charge in [0, 0.05) is 0 Å². The summed E-state index contributed by atoms with van der Waals surface area (Å²) in [4.78, 5) is 10.5. The SMILES string of the molecule is C.CC(Cc1ccc(O)cc1)C(=O)O.CCCc1ccc(O)cc1.O=S(=O)([O-])Cc1ccc(O)cc1. The Morgan fingerprint density at radius 3 is 1.47 bits per heavy atom. The third-order valence-corrected chi connectivity index (χ3v) is 5.34. The molecule has 4 N–H and O–H groups in total. The lowest BCUT2D eigenvalue weighted by atomic mass is 10.0. The fourth-order valence-electron chi connectivity index (χ4n) is 2.82. The van der Waals surface area contributed by atoms with Crippen LogP contribution in [0.3, 0.4) is 0 Å². The Bertz CT molecular complexity index is 1120. The highest BCUT2D eigenvalue weighted by Crippen LogP contribution is 2.14. The minimum Gasteiger partial charge on any atom is -0.748 e. The number of aryl methyl sites for hydroxylation is 1. The molecule has 198 valence electrons. The van der Waals surface area contributed by atoms with E-state index in [2.05, 4.69) is 6.92 Å². The van der Waals surface area contributed by atoms with Crippen molar-refractivity contribution in [3.63, 3.8) is 0 Å². The van der Waals surface area contributed by atoms with Crippen molar-refractivity contribution in [1.82, 2.24) is 0 Å². The van der Waals surface area contributed by atoms with Crippen molar-refractivity contribution in [2.24, 2.45) is 5.92 Å². The van der Waals surface area contributed by atoms with Crippen LogP contribution in [0.1, 0.15) is 44.4 Å². The second-order valence-corrected chi connectivity index (χ2v) is 9.30. The molecule has 1 unspecified atom stereocenters. The predicted octanol–water partition coefficient (Wildman–Crippen LogP) is 5.07. The van der Waals surface area contributed by atoms with Gasteiger partial charge >= 0.3 is 5.97 Å². The number of aliphatic carboxylic acids is 1. The Balaban J connectivity index is 0.000000507. The van der Waals surface area contributed by atoms with Crippen LogP contribution in [0, 0.1) is 5.92 Å². The van der Waals surface area contributed by atoms with Crippen molar-refractivity contribution < 1.29 is 38.2 Å².